The number of carbonyl (C=O) groups excluding carboxylic acids is 3. The molecule has 0 bridgehead atoms. The Morgan fingerprint density at radius 2 is 1.34 bits per heavy atom. The molecule has 0 N–H and O–H groups in total. The van der Waals surface area contributed by atoms with E-state index in [0.29, 0.717) is 12.8 Å². The maximum absolute atomic E-state index is 12.9. The molecule has 5 heteroatoms. The van der Waals surface area contributed by atoms with Gasteiger partial charge in [-0.1, -0.05) is 67.1 Å². The molecule has 0 amide bonds. The molecule has 0 aromatic heterocycles. The molecule has 0 unspecified atom stereocenters. The highest BCUT2D eigenvalue weighted by Crippen LogP contribution is 2.30. The minimum atomic E-state index is -1.08. The van der Waals surface area contributed by atoms with Gasteiger partial charge in [-0.15, -0.1) is 0 Å². The number of Topliss-reactive ketones (excluding diaryl/α,β-unsaturated/α-hetero) is 1. The van der Waals surface area contributed by atoms with Crippen molar-refractivity contribution >= 4 is 17.7 Å². The second-order valence-corrected chi connectivity index (χ2v) is 7.41. The molecule has 0 radical (unpaired) electrons. The Balaban J connectivity index is 1.70. The van der Waals surface area contributed by atoms with Crippen LogP contribution < -0.4 is 0 Å². The average molecular weight is 394 g/mol. The number of hydrogen-bond acceptors (Lipinski definition) is 5. The van der Waals surface area contributed by atoms with E-state index in [1.54, 1.807) is 0 Å². The van der Waals surface area contributed by atoms with Crippen LogP contribution in [-0.4, -0.2) is 17.7 Å². The maximum atomic E-state index is 12.9. The molecule has 3 rings (SSSR count). The molecule has 1 fully saturated rings. The Kier molecular flexibility index (Phi) is 7.56. The molecule has 0 spiro atoms. The number of ether oxygens (including phenoxy) is 2. The van der Waals surface area contributed by atoms with Gasteiger partial charge >= 0.3 is 11.9 Å². The molecular weight excluding hydrogens is 368 g/mol. The normalized spacial score (nSPS) is 16.9. The predicted molar refractivity (Wildman–Crippen MR) is 108 cm³/mol. The Morgan fingerprint density at radius 3 is 1.86 bits per heavy atom. The first-order chi connectivity index (χ1) is 14.1. The summed E-state index contributed by atoms with van der Waals surface area (Å²) in [6.07, 6.45) is 2.95. The zero-order valence-corrected chi connectivity index (χ0v) is 16.4. The van der Waals surface area contributed by atoms with Gasteiger partial charge in [0.2, 0.25) is 0 Å². The number of hydrogen-bond donors (Lipinski definition) is 0. The third-order valence-corrected chi connectivity index (χ3v) is 5.20. The summed E-state index contributed by atoms with van der Waals surface area (Å²) >= 11 is 0. The van der Waals surface area contributed by atoms with Crippen molar-refractivity contribution in [3.63, 3.8) is 0 Å². The lowest BCUT2D eigenvalue weighted by Gasteiger charge is -2.23. The van der Waals surface area contributed by atoms with Gasteiger partial charge in [-0.25, -0.2) is 0 Å². The summed E-state index contributed by atoms with van der Waals surface area (Å²) in [5, 5.41) is 0. The lowest BCUT2D eigenvalue weighted by atomic mass is 9.85. The van der Waals surface area contributed by atoms with E-state index >= 15 is 0 Å². The van der Waals surface area contributed by atoms with Crippen molar-refractivity contribution in [2.45, 2.75) is 45.3 Å². The summed E-state index contributed by atoms with van der Waals surface area (Å²) < 4.78 is 10.9. The summed E-state index contributed by atoms with van der Waals surface area (Å²) in [6, 6.07) is 18.6. The van der Waals surface area contributed by atoms with E-state index in [9.17, 15) is 14.4 Å². The molecule has 29 heavy (non-hydrogen) atoms. The number of ketones is 1. The standard InChI is InChI=1S/C24H26O5/c25-21-14-8-7-13-20(15-21)22(23(26)28-16-18-9-3-1-4-10-18)24(27)29-17-19-11-5-2-6-12-19/h1-6,9-12,20,22H,7-8,13-17H2/t20-/m1/s1. The van der Waals surface area contributed by atoms with Gasteiger partial charge in [-0.05, 0) is 29.9 Å². The van der Waals surface area contributed by atoms with Crippen LogP contribution in [0.1, 0.15) is 43.2 Å². The van der Waals surface area contributed by atoms with Crippen molar-refractivity contribution in [3.8, 4) is 0 Å². The average Bonchev–Trinajstić information content (AvgIpc) is 2.96. The molecule has 1 aliphatic rings. The minimum Gasteiger partial charge on any atom is -0.460 e. The van der Waals surface area contributed by atoms with Gasteiger partial charge in [0.05, 0.1) is 0 Å². The minimum absolute atomic E-state index is 0.0861. The summed E-state index contributed by atoms with van der Waals surface area (Å²) in [4.78, 5) is 37.8. The van der Waals surface area contributed by atoms with Crippen LogP contribution in [0.5, 0.6) is 0 Å². The van der Waals surface area contributed by atoms with Crippen LogP contribution in [0.3, 0.4) is 0 Å². The van der Waals surface area contributed by atoms with Crippen molar-refractivity contribution in [2.75, 3.05) is 0 Å². The van der Waals surface area contributed by atoms with Gasteiger partial charge in [0.15, 0.2) is 5.92 Å². The van der Waals surface area contributed by atoms with E-state index in [2.05, 4.69) is 0 Å². The fraction of sp³-hybridized carbons (Fsp3) is 0.375. The Hall–Kier alpha value is -2.95. The first kappa shape index (κ1) is 20.8. The zero-order chi connectivity index (χ0) is 20.5. The van der Waals surface area contributed by atoms with Crippen molar-refractivity contribution in [3.05, 3.63) is 71.8 Å². The number of rotatable bonds is 7. The topological polar surface area (TPSA) is 69.7 Å². The second-order valence-electron chi connectivity index (χ2n) is 7.41. The molecule has 0 heterocycles. The first-order valence-electron chi connectivity index (χ1n) is 10.1. The number of carbonyl (C=O) groups is 3. The highest BCUT2D eigenvalue weighted by atomic mass is 16.6. The largest absolute Gasteiger partial charge is 0.460 e. The summed E-state index contributed by atoms with van der Waals surface area (Å²) in [7, 11) is 0. The summed E-state index contributed by atoms with van der Waals surface area (Å²) in [6.45, 7) is 0.172. The van der Waals surface area contributed by atoms with Crippen molar-refractivity contribution in [2.24, 2.45) is 11.8 Å². The Morgan fingerprint density at radius 1 is 0.828 bits per heavy atom. The molecule has 2 aromatic carbocycles. The van der Waals surface area contributed by atoms with Gasteiger partial charge in [0.25, 0.3) is 0 Å². The van der Waals surface area contributed by atoms with Crippen LogP contribution in [0.25, 0.3) is 0 Å². The van der Waals surface area contributed by atoms with Gasteiger partial charge in [-0.2, -0.15) is 0 Å². The van der Waals surface area contributed by atoms with Crippen molar-refractivity contribution in [1.29, 1.82) is 0 Å². The van der Waals surface area contributed by atoms with E-state index in [-0.39, 0.29) is 31.3 Å². The molecule has 5 nitrogen and oxygen atoms in total. The van der Waals surface area contributed by atoms with Gasteiger partial charge in [0.1, 0.15) is 19.0 Å². The molecule has 152 valence electrons. The zero-order valence-electron chi connectivity index (χ0n) is 16.4. The van der Waals surface area contributed by atoms with Crippen LogP contribution in [0, 0.1) is 11.8 Å². The van der Waals surface area contributed by atoms with E-state index in [4.69, 9.17) is 9.47 Å². The lowest BCUT2D eigenvalue weighted by Crippen LogP contribution is -2.35. The molecule has 1 atom stereocenters. The van der Waals surface area contributed by atoms with Crippen molar-refractivity contribution < 1.29 is 23.9 Å². The molecule has 2 aromatic rings. The van der Waals surface area contributed by atoms with E-state index in [1.165, 1.54) is 0 Å². The highest BCUT2D eigenvalue weighted by molar-refractivity contribution is 5.96. The fourth-order valence-electron chi connectivity index (χ4n) is 3.63. The van der Waals surface area contributed by atoms with E-state index in [1.807, 2.05) is 60.7 Å². The molecule has 0 aliphatic heterocycles. The van der Waals surface area contributed by atoms with Gasteiger partial charge in [0, 0.05) is 12.8 Å². The monoisotopic (exact) mass is 394 g/mol. The van der Waals surface area contributed by atoms with Crippen LogP contribution in [0.15, 0.2) is 60.7 Å². The summed E-state index contributed by atoms with van der Waals surface area (Å²) in [5.41, 5.74) is 1.68. The number of benzene rings is 2. The first-order valence-corrected chi connectivity index (χ1v) is 10.1. The Labute approximate surface area is 171 Å². The lowest BCUT2D eigenvalue weighted by molar-refractivity contribution is -0.166. The third kappa shape index (κ3) is 6.28. The maximum Gasteiger partial charge on any atom is 0.320 e. The molecule has 1 aliphatic carbocycles. The van der Waals surface area contributed by atoms with Crippen molar-refractivity contribution in [1.82, 2.24) is 0 Å². The second kappa shape index (κ2) is 10.6. The smallest absolute Gasteiger partial charge is 0.320 e. The quantitative estimate of drug-likeness (QED) is 0.399. The summed E-state index contributed by atoms with van der Waals surface area (Å²) in [5.74, 6) is -2.61. The van der Waals surface area contributed by atoms with Gasteiger partial charge in [-0.3, -0.25) is 14.4 Å². The van der Waals surface area contributed by atoms with Crippen LogP contribution >= 0.6 is 0 Å². The van der Waals surface area contributed by atoms with Crippen LogP contribution in [-0.2, 0) is 37.1 Å². The third-order valence-electron chi connectivity index (χ3n) is 5.20. The highest BCUT2D eigenvalue weighted by Gasteiger charge is 2.39. The SMILES string of the molecule is O=C1CCCC[C@@H](C(C(=O)OCc2ccccc2)C(=O)OCc2ccccc2)C1. The van der Waals surface area contributed by atoms with Gasteiger partial charge < -0.3 is 9.47 Å². The van der Waals surface area contributed by atoms with Crippen LogP contribution in [0.4, 0.5) is 0 Å². The van der Waals surface area contributed by atoms with E-state index in [0.717, 1.165) is 24.0 Å². The van der Waals surface area contributed by atoms with E-state index < -0.39 is 17.9 Å². The Bertz CT molecular complexity index is 760. The fourth-order valence-corrected chi connectivity index (χ4v) is 3.63. The number of esters is 2. The molecule has 1 saturated carbocycles. The predicted octanol–water partition coefficient (Wildman–Crippen LogP) is 4.24. The van der Waals surface area contributed by atoms with Crippen LogP contribution in [0.2, 0.25) is 0 Å². The molecular formula is C24H26O5. The molecule has 0 saturated heterocycles.